The maximum absolute atomic E-state index is 13.3. The molecule has 2 aromatic carbocycles. The minimum atomic E-state index is -0.430. The number of nitrogens with zero attached hydrogens (tertiary/aromatic N) is 4. The van der Waals surface area contributed by atoms with E-state index < -0.39 is 5.41 Å². The summed E-state index contributed by atoms with van der Waals surface area (Å²) in [5, 5.41) is 14.0. The molecule has 9 heteroatoms. The fraction of sp³-hybridized carbons (Fsp3) is 0.304. The van der Waals surface area contributed by atoms with Gasteiger partial charge in [0.25, 0.3) is 5.56 Å². The third-order valence-corrected chi connectivity index (χ3v) is 5.19. The van der Waals surface area contributed by atoms with Crippen LogP contribution in [0.1, 0.15) is 39.1 Å². The van der Waals surface area contributed by atoms with Crippen LogP contribution in [0.25, 0.3) is 10.9 Å². The van der Waals surface area contributed by atoms with Crippen LogP contribution in [0.5, 0.6) is 11.5 Å². The van der Waals surface area contributed by atoms with E-state index >= 15 is 0 Å². The van der Waals surface area contributed by atoms with Crippen molar-refractivity contribution in [1.29, 1.82) is 5.26 Å². The van der Waals surface area contributed by atoms with E-state index in [9.17, 15) is 4.79 Å². The largest absolute Gasteiger partial charge is 0.490 e. The van der Waals surface area contributed by atoms with Crippen molar-refractivity contribution in [2.75, 3.05) is 13.2 Å². The SMILES string of the molecule is CCOc1cc(C=Nn2c(C(C)(C)C)nc3ccc(Br)cc3c2=O)cc(Cl)c1OCC#N. The first-order chi connectivity index (χ1) is 15.2. The summed E-state index contributed by atoms with van der Waals surface area (Å²) in [5.74, 6) is 1.20. The van der Waals surface area contributed by atoms with Gasteiger partial charge in [-0.05, 0) is 42.8 Å². The van der Waals surface area contributed by atoms with E-state index in [1.807, 2.05) is 39.8 Å². The van der Waals surface area contributed by atoms with Crippen molar-refractivity contribution in [3.05, 3.63) is 61.6 Å². The summed E-state index contributed by atoms with van der Waals surface area (Å²) >= 11 is 9.76. The maximum atomic E-state index is 13.3. The van der Waals surface area contributed by atoms with Gasteiger partial charge >= 0.3 is 0 Å². The number of hydrogen-bond donors (Lipinski definition) is 0. The number of rotatable bonds is 6. The van der Waals surface area contributed by atoms with Gasteiger partial charge in [-0.15, -0.1) is 0 Å². The van der Waals surface area contributed by atoms with Gasteiger partial charge in [0.15, 0.2) is 18.1 Å². The summed E-state index contributed by atoms with van der Waals surface area (Å²) in [5.41, 5.74) is 0.502. The van der Waals surface area contributed by atoms with E-state index in [2.05, 4.69) is 21.0 Å². The lowest BCUT2D eigenvalue weighted by atomic mass is 9.95. The lowest BCUT2D eigenvalue weighted by Crippen LogP contribution is -2.29. The standard InChI is InChI=1S/C23H22BrClN4O3/c1-5-31-19-11-14(10-17(25)20(19)32-9-8-26)13-27-29-21(30)16-12-15(24)6-7-18(16)28-22(29)23(2,3)4/h6-7,10-13H,5,9H2,1-4H3. The maximum Gasteiger partial charge on any atom is 0.282 e. The normalized spacial score (nSPS) is 11.7. The summed E-state index contributed by atoms with van der Waals surface area (Å²) in [6.45, 7) is 7.97. The van der Waals surface area contributed by atoms with Gasteiger partial charge in [0.1, 0.15) is 11.9 Å². The quantitative estimate of drug-likeness (QED) is 0.414. The number of nitriles is 1. The molecule has 0 aliphatic carbocycles. The summed E-state index contributed by atoms with van der Waals surface area (Å²) in [6, 6.07) is 10.6. The van der Waals surface area contributed by atoms with Crippen molar-refractivity contribution in [3.8, 4) is 17.6 Å². The lowest BCUT2D eigenvalue weighted by molar-refractivity contribution is 0.299. The minimum Gasteiger partial charge on any atom is -0.490 e. The third-order valence-electron chi connectivity index (χ3n) is 4.41. The highest BCUT2D eigenvalue weighted by atomic mass is 79.9. The topological polar surface area (TPSA) is 89.5 Å². The second-order valence-corrected chi connectivity index (χ2v) is 9.24. The van der Waals surface area contributed by atoms with Crippen LogP contribution in [0, 0.1) is 11.3 Å². The van der Waals surface area contributed by atoms with E-state index in [-0.39, 0.29) is 22.9 Å². The van der Waals surface area contributed by atoms with Crippen LogP contribution in [-0.4, -0.2) is 29.1 Å². The first kappa shape index (κ1) is 23.8. The monoisotopic (exact) mass is 516 g/mol. The molecule has 0 aliphatic heterocycles. The first-order valence-corrected chi connectivity index (χ1v) is 11.1. The highest BCUT2D eigenvalue weighted by Gasteiger charge is 2.23. The molecule has 32 heavy (non-hydrogen) atoms. The number of benzene rings is 2. The molecule has 0 saturated heterocycles. The van der Waals surface area contributed by atoms with Gasteiger partial charge in [-0.1, -0.05) is 48.3 Å². The molecule has 0 aliphatic rings. The second kappa shape index (κ2) is 9.72. The summed E-state index contributed by atoms with van der Waals surface area (Å²) in [4.78, 5) is 18.0. The molecule has 1 aromatic heterocycles. The molecule has 3 rings (SSSR count). The second-order valence-electron chi connectivity index (χ2n) is 7.92. The van der Waals surface area contributed by atoms with E-state index in [4.69, 9.17) is 31.3 Å². The number of halogens is 2. The fourth-order valence-electron chi connectivity index (χ4n) is 3.04. The molecule has 0 bridgehead atoms. The van der Waals surface area contributed by atoms with Gasteiger partial charge in [0, 0.05) is 9.89 Å². The van der Waals surface area contributed by atoms with Crippen LogP contribution >= 0.6 is 27.5 Å². The van der Waals surface area contributed by atoms with Crippen LogP contribution in [0.4, 0.5) is 0 Å². The molecule has 3 aromatic rings. The number of aromatic nitrogens is 2. The summed E-state index contributed by atoms with van der Waals surface area (Å²) in [7, 11) is 0. The Morgan fingerprint density at radius 1 is 1.28 bits per heavy atom. The molecule has 7 nitrogen and oxygen atoms in total. The Kier molecular flexibility index (Phi) is 7.22. The molecule has 0 unspecified atom stereocenters. The van der Waals surface area contributed by atoms with Crippen molar-refractivity contribution in [1.82, 2.24) is 9.66 Å². The average molecular weight is 518 g/mol. The molecular weight excluding hydrogens is 496 g/mol. The van der Waals surface area contributed by atoms with Gasteiger partial charge in [-0.2, -0.15) is 15.0 Å². The number of hydrogen-bond acceptors (Lipinski definition) is 6. The molecule has 0 amide bonds. The molecule has 0 spiro atoms. The van der Waals surface area contributed by atoms with E-state index in [0.717, 1.165) is 4.47 Å². The van der Waals surface area contributed by atoms with Crippen molar-refractivity contribution in [2.24, 2.45) is 5.10 Å². The zero-order valence-electron chi connectivity index (χ0n) is 18.1. The highest BCUT2D eigenvalue weighted by Crippen LogP contribution is 2.36. The van der Waals surface area contributed by atoms with E-state index in [1.165, 1.54) is 10.9 Å². The minimum absolute atomic E-state index is 0.157. The Balaban J connectivity index is 2.15. The van der Waals surface area contributed by atoms with Gasteiger partial charge in [-0.25, -0.2) is 4.98 Å². The Labute approximate surface area is 199 Å². The van der Waals surface area contributed by atoms with Crippen molar-refractivity contribution < 1.29 is 9.47 Å². The molecule has 0 atom stereocenters. The number of fused-ring (bicyclic) bond motifs is 1. The molecule has 166 valence electrons. The van der Waals surface area contributed by atoms with E-state index in [0.29, 0.717) is 34.6 Å². The molecule has 0 saturated carbocycles. The Morgan fingerprint density at radius 2 is 2.03 bits per heavy atom. The van der Waals surface area contributed by atoms with Crippen molar-refractivity contribution >= 4 is 44.6 Å². The smallest absolute Gasteiger partial charge is 0.282 e. The molecule has 0 N–H and O–H groups in total. The van der Waals surface area contributed by atoms with Gasteiger partial charge in [0.2, 0.25) is 0 Å². The highest BCUT2D eigenvalue weighted by molar-refractivity contribution is 9.10. The van der Waals surface area contributed by atoms with Gasteiger partial charge < -0.3 is 9.47 Å². The fourth-order valence-corrected chi connectivity index (χ4v) is 3.67. The van der Waals surface area contributed by atoms with Crippen molar-refractivity contribution in [3.63, 3.8) is 0 Å². The molecular formula is C23H22BrClN4O3. The van der Waals surface area contributed by atoms with Crippen LogP contribution in [-0.2, 0) is 5.41 Å². The molecule has 0 radical (unpaired) electrons. The summed E-state index contributed by atoms with van der Waals surface area (Å²) < 4.78 is 13.1. The van der Waals surface area contributed by atoms with Gasteiger partial charge in [-0.3, -0.25) is 4.79 Å². The van der Waals surface area contributed by atoms with Crippen LogP contribution in [0.15, 0.2) is 44.7 Å². The average Bonchev–Trinajstić information content (AvgIpc) is 2.72. The molecule has 1 heterocycles. The van der Waals surface area contributed by atoms with Crippen LogP contribution in [0.3, 0.4) is 0 Å². The van der Waals surface area contributed by atoms with Crippen molar-refractivity contribution in [2.45, 2.75) is 33.1 Å². The predicted molar refractivity (Wildman–Crippen MR) is 129 cm³/mol. The third kappa shape index (κ3) is 5.12. The molecule has 0 fully saturated rings. The Bertz CT molecular complexity index is 1290. The van der Waals surface area contributed by atoms with Crippen LogP contribution in [0.2, 0.25) is 5.02 Å². The zero-order valence-corrected chi connectivity index (χ0v) is 20.5. The van der Waals surface area contributed by atoms with Gasteiger partial charge in [0.05, 0.1) is 28.7 Å². The summed E-state index contributed by atoms with van der Waals surface area (Å²) in [6.07, 6.45) is 1.52. The first-order valence-electron chi connectivity index (χ1n) is 9.89. The number of ether oxygens (including phenoxy) is 2. The zero-order chi connectivity index (χ0) is 23.5. The van der Waals surface area contributed by atoms with E-state index in [1.54, 1.807) is 24.3 Å². The predicted octanol–water partition coefficient (Wildman–Crippen LogP) is 5.29. The Morgan fingerprint density at radius 3 is 2.69 bits per heavy atom. The lowest BCUT2D eigenvalue weighted by Gasteiger charge is -2.21. The van der Waals surface area contributed by atoms with Crippen LogP contribution < -0.4 is 15.0 Å². The Hall–Kier alpha value is -2.89.